The van der Waals surface area contributed by atoms with E-state index < -0.39 is 9.84 Å². The van der Waals surface area contributed by atoms with Crippen molar-refractivity contribution in [1.29, 1.82) is 0 Å². The average Bonchev–Trinajstić information content (AvgIpc) is 2.85. The summed E-state index contributed by atoms with van der Waals surface area (Å²) in [5.41, 5.74) is 0. The van der Waals surface area contributed by atoms with Gasteiger partial charge in [-0.15, -0.1) is 0 Å². The normalized spacial score (nSPS) is 22.5. The molecule has 2 heterocycles. The van der Waals surface area contributed by atoms with Gasteiger partial charge < -0.3 is 5.32 Å². The molecule has 1 fully saturated rings. The standard InChI is InChI=1S/C10H15N3O3S/c14-10(7-13-4-1-3-12-13)11-6-9-2-5-17(15,16)8-9/h1,3-4,9H,2,5-8H2,(H,11,14)/t9-/m1/s1. The smallest absolute Gasteiger partial charge is 0.241 e. The Morgan fingerprint density at radius 3 is 2.94 bits per heavy atom. The number of amides is 1. The first-order chi connectivity index (χ1) is 8.05. The number of nitrogens with zero attached hydrogens (tertiary/aromatic N) is 2. The van der Waals surface area contributed by atoms with Crippen LogP contribution < -0.4 is 5.32 Å². The number of carbonyl (C=O) groups is 1. The monoisotopic (exact) mass is 257 g/mol. The second-order valence-corrected chi connectivity index (χ2v) is 6.51. The number of nitrogens with one attached hydrogen (secondary N) is 1. The first-order valence-corrected chi connectivity index (χ1v) is 7.32. The molecular formula is C10H15N3O3S. The van der Waals surface area contributed by atoms with E-state index in [1.165, 1.54) is 4.68 Å². The lowest BCUT2D eigenvalue weighted by Gasteiger charge is -2.09. The predicted octanol–water partition coefficient (Wildman–Crippen LogP) is -0.566. The van der Waals surface area contributed by atoms with Crippen molar-refractivity contribution in [1.82, 2.24) is 15.1 Å². The molecule has 1 atom stereocenters. The third kappa shape index (κ3) is 3.55. The first kappa shape index (κ1) is 12.1. The fraction of sp³-hybridized carbons (Fsp3) is 0.600. The maximum Gasteiger partial charge on any atom is 0.241 e. The lowest BCUT2D eigenvalue weighted by molar-refractivity contribution is -0.122. The zero-order chi connectivity index (χ0) is 12.3. The maximum absolute atomic E-state index is 11.5. The molecule has 1 saturated heterocycles. The SMILES string of the molecule is O=C(Cn1cccn1)NC[C@H]1CCS(=O)(=O)C1. The van der Waals surface area contributed by atoms with Gasteiger partial charge in [0.2, 0.25) is 5.91 Å². The van der Waals surface area contributed by atoms with Crippen molar-refractivity contribution < 1.29 is 13.2 Å². The lowest BCUT2D eigenvalue weighted by atomic mass is 10.1. The molecule has 7 heteroatoms. The van der Waals surface area contributed by atoms with E-state index in [2.05, 4.69) is 10.4 Å². The van der Waals surface area contributed by atoms with Gasteiger partial charge in [-0.1, -0.05) is 0 Å². The second-order valence-electron chi connectivity index (χ2n) is 4.28. The highest BCUT2D eigenvalue weighted by Crippen LogP contribution is 2.17. The van der Waals surface area contributed by atoms with E-state index in [1.807, 2.05) is 0 Å². The molecule has 1 amide bonds. The summed E-state index contributed by atoms with van der Waals surface area (Å²) >= 11 is 0. The van der Waals surface area contributed by atoms with Gasteiger partial charge in [-0.3, -0.25) is 9.48 Å². The minimum atomic E-state index is -2.86. The highest BCUT2D eigenvalue weighted by molar-refractivity contribution is 7.91. The average molecular weight is 257 g/mol. The van der Waals surface area contributed by atoms with Crippen LogP contribution in [0.15, 0.2) is 18.5 Å². The van der Waals surface area contributed by atoms with Crippen LogP contribution in [0.2, 0.25) is 0 Å². The zero-order valence-electron chi connectivity index (χ0n) is 9.37. The molecule has 0 radical (unpaired) electrons. The van der Waals surface area contributed by atoms with Crippen molar-refractivity contribution in [3.8, 4) is 0 Å². The van der Waals surface area contributed by atoms with Crippen LogP contribution in [-0.4, -0.2) is 42.2 Å². The molecule has 0 aromatic carbocycles. The highest BCUT2D eigenvalue weighted by atomic mass is 32.2. The minimum absolute atomic E-state index is 0.0570. The molecule has 1 aliphatic heterocycles. The molecule has 1 N–H and O–H groups in total. The van der Waals surface area contributed by atoms with Gasteiger partial charge in [-0.25, -0.2) is 8.42 Å². The Hall–Kier alpha value is -1.37. The van der Waals surface area contributed by atoms with Gasteiger partial charge in [0.25, 0.3) is 0 Å². The van der Waals surface area contributed by atoms with E-state index in [0.717, 1.165) is 0 Å². The quantitative estimate of drug-likeness (QED) is 0.783. The Labute approximate surface area is 99.9 Å². The molecule has 6 nitrogen and oxygen atoms in total. The van der Waals surface area contributed by atoms with E-state index >= 15 is 0 Å². The van der Waals surface area contributed by atoms with Gasteiger partial charge in [-0.2, -0.15) is 5.10 Å². The number of hydrogen-bond acceptors (Lipinski definition) is 4. The van der Waals surface area contributed by atoms with Crippen LogP contribution >= 0.6 is 0 Å². The molecule has 0 bridgehead atoms. The number of carbonyl (C=O) groups excluding carboxylic acids is 1. The van der Waals surface area contributed by atoms with Crippen LogP contribution in [0.3, 0.4) is 0 Å². The van der Waals surface area contributed by atoms with Gasteiger partial charge in [0.15, 0.2) is 9.84 Å². The third-order valence-electron chi connectivity index (χ3n) is 2.78. The summed E-state index contributed by atoms with van der Waals surface area (Å²) in [6.07, 6.45) is 3.96. The summed E-state index contributed by atoms with van der Waals surface area (Å²) in [7, 11) is -2.86. The molecule has 1 aromatic rings. The van der Waals surface area contributed by atoms with E-state index in [-0.39, 0.29) is 29.9 Å². The van der Waals surface area contributed by atoms with Crippen molar-refractivity contribution in [3.05, 3.63) is 18.5 Å². The van der Waals surface area contributed by atoms with E-state index in [4.69, 9.17) is 0 Å². The molecule has 94 valence electrons. The van der Waals surface area contributed by atoms with Crippen LogP contribution in [-0.2, 0) is 21.2 Å². The number of sulfone groups is 1. The second kappa shape index (κ2) is 4.87. The Morgan fingerprint density at radius 1 is 1.53 bits per heavy atom. The van der Waals surface area contributed by atoms with Crippen molar-refractivity contribution in [2.75, 3.05) is 18.1 Å². The van der Waals surface area contributed by atoms with Crippen LogP contribution in [0, 0.1) is 5.92 Å². The van der Waals surface area contributed by atoms with Gasteiger partial charge in [0, 0.05) is 18.9 Å². The molecule has 1 aliphatic rings. The van der Waals surface area contributed by atoms with Crippen LogP contribution in [0.5, 0.6) is 0 Å². The Kier molecular flexibility index (Phi) is 3.46. The Bertz CT molecular complexity index is 481. The number of hydrogen-bond donors (Lipinski definition) is 1. The van der Waals surface area contributed by atoms with Crippen molar-refractivity contribution in [2.45, 2.75) is 13.0 Å². The summed E-state index contributed by atoms with van der Waals surface area (Å²) in [5, 5.41) is 6.66. The fourth-order valence-electron chi connectivity index (χ4n) is 1.89. The Balaban J connectivity index is 1.74. The van der Waals surface area contributed by atoms with Gasteiger partial charge >= 0.3 is 0 Å². The fourth-order valence-corrected chi connectivity index (χ4v) is 3.75. The summed E-state index contributed by atoms with van der Waals surface area (Å²) in [5.74, 6) is 0.349. The lowest BCUT2D eigenvalue weighted by Crippen LogP contribution is -2.32. The topological polar surface area (TPSA) is 81.1 Å². The van der Waals surface area contributed by atoms with Crippen molar-refractivity contribution >= 4 is 15.7 Å². The molecule has 17 heavy (non-hydrogen) atoms. The van der Waals surface area contributed by atoms with Gasteiger partial charge in [0.1, 0.15) is 6.54 Å². The highest BCUT2D eigenvalue weighted by Gasteiger charge is 2.27. The summed E-state index contributed by atoms with van der Waals surface area (Å²) in [6.45, 7) is 0.603. The molecule has 0 aliphatic carbocycles. The largest absolute Gasteiger partial charge is 0.354 e. The Morgan fingerprint density at radius 2 is 2.35 bits per heavy atom. The minimum Gasteiger partial charge on any atom is -0.354 e. The molecule has 0 spiro atoms. The van der Waals surface area contributed by atoms with Gasteiger partial charge in [0.05, 0.1) is 11.5 Å². The molecule has 2 rings (SSSR count). The van der Waals surface area contributed by atoms with Crippen LogP contribution in [0.25, 0.3) is 0 Å². The van der Waals surface area contributed by atoms with Crippen LogP contribution in [0.4, 0.5) is 0 Å². The third-order valence-corrected chi connectivity index (χ3v) is 4.62. The van der Waals surface area contributed by atoms with E-state index in [0.29, 0.717) is 13.0 Å². The molecule has 0 unspecified atom stereocenters. The maximum atomic E-state index is 11.5. The first-order valence-electron chi connectivity index (χ1n) is 5.50. The number of aromatic nitrogens is 2. The summed E-state index contributed by atoms with van der Waals surface area (Å²) < 4.78 is 24.0. The molecular weight excluding hydrogens is 242 g/mol. The molecule has 1 aromatic heterocycles. The van der Waals surface area contributed by atoms with E-state index in [9.17, 15) is 13.2 Å². The van der Waals surface area contributed by atoms with Crippen molar-refractivity contribution in [2.24, 2.45) is 5.92 Å². The molecule has 0 saturated carbocycles. The zero-order valence-corrected chi connectivity index (χ0v) is 10.2. The summed E-state index contributed by atoms with van der Waals surface area (Å²) in [6, 6.07) is 1.75. The summed E-state index contributed by atoms with van der Waals surface area (Å²) in [4.78, 5) is 11.5. The van der Waals surface area contributed by atoms with E-state index in [1.54, 1.807) is 18.5 Å². The van der Waals surface area contributed by atoms with Crippen LogP contribution in [0.1, 0.15) is 6.42 Å². The van der Waals surface area contributed by atoms with Gasteiger partial charge in [-0.05, 0) is 18.4 Å². The van der Waals surface area contributed by atoms with Crippen molar-refractivity contribution in [3.63, 3.8) is 0 Å². The number of rotatable bonds is 4. The predicted molar refractivity (Wildman–Crippen MR) is 62.0 cm³/mol.